The van der Waals surface area contributed by atoms with Gasteiger partial charge in [0.05, 0.1) is 19.8 Å². The molecule has 2 heterocycles. The fourth-order valence-corrected chi connectivity index (χ4v) is 2.90. The summed E-state index contributed by atoms with van der Waals surface area (Å²) < 4.78 is 16.1. The Balaban J connectivity index is 1.83. The van der Waals surface area contributed by atoms with Gasteiger partial charge in [-0.1, -0.05) is 6.07 Å². The molecule has 0 atom stereocenters. The first-order valence-corrected chi connectivity index (χ1v) is 9.39. The van der Waals surface area contributed by atoms with Gasteiger partial charge < -0.3 is 24.4 Å². The van der Waals surface area contributed by atoms with Gasteiger partial charge in [-0.05, 0) is 31.7 Å². The maximum absolute atomic E-state index is 5.94. The van der Waals surface area contributed by atoms with Gasteiger partial charge in [0, 0.05) is 52.2 Å². The molecule has 1 N–H and O–H groups in total. The number of aliphatic imine (C=N–C) groups is 1. The third kappa shape index (κ3) is 6.80. The van der Waals surface area contributed by atoms with E-state index in [1.165, 1.54) is 0 Å². The number of ether oxygens (including phenoxy) is 3. The van der Waals surface area contributed by atoms with Crippen molar-refractivity contribution in [3.05, 3.63) is 23.9 Å². The molecular weight excluding hydrogens is 332 g/mol. The van der Waals surface area contributed by atoms with Crippen molar-refractivity contribution in [2.24, 2.45) is 4.99 Å². The topological polar surface area (TPSA) is 68.2 Å². The van der Waals surface area contributed by atoms with Crippen molar-refractivity contribution in [3.8, 4) is 5.88 Å². The van der Waals surface area contributed by atoms with Crippen LogP contribution in [0.4, 0.5) is 0 Å². The van der Waals surface area contributed by atoms with E-state index in [0.29, 0.717) is 18.5 Å². The van der Waals surface area contributed by atoms with E-state index in [1.807, 2.05) is 18.3 Å². The molecule has 1 fully saturated rings. The Labute approximate surface area is 156 Å². The summed E-state index contributed by atoms with van der Waals surface area (Å²) in [6, 6.07) is 3.86. The smallest absolute Gasteiger partial charge is 0.212 e. The monoisotopic (exact) mass is 364 g/mol. The largest absolute Gasteiger partial charge is 0.481 e. The van der Waals surface area contributed by atoms with Gasteiger partial charge in [0.2, 0.25) is 5.88 Å². The van der Waals surface area contributed by atoms with Crippen LogP contribution < -0.4 is 10.1 Å². The molecule has 7 heteroatoms. The van der Waals surface area contributed by atoms with Crippen LogP contribution in [0.15, 0.2) is 23.3 Å². The first-order chi connectivity index (χ1) is 12.8. The van der Waals surface area contributed by atoms with Gasteiger partial charge in [0.15, 0.2) is 5.96 Å². The van der Waals surface area contributed by atoms with Crippen LogP contribution in [0.5, 0.6) is 5.88 Å². The van der Waals surface area contributed by atoms with Gasteiger partial charge in [-0.15, -0.1) is 0 Å². The highest BCUT2D eigenvalue weighted by Gasteiger charge is 2.21. The van der Waals surface area contributed by atoms with Crippen molar-refractivity contribution < 1.29 is 14.2 Å². The van der Waals surface area contributed by atoms with Crippen molar-refractivity contribution >= 4 is 5.96 Å². The lowest BCUT2D eigenvalue weighted by Gasteiger charge is -2.34. The van der Waals surface area contributed by atoms with E-state index in [4.69, 9.17) is 19.2 Å². The van der Waals surface area contributed by atoms with Gasteiger partial charge in [0.25, 0.3) is 0 Å². The van der Waals surface area contributed by atoms with Gasteiger partial charge in [-0.3, -0.25) is 0 Å². The molecule has 2 rings (SSSR count). The lowest BCUT2D eigenvalue weighted by molar-refractivity contribution is 0.00990. The Morgan fingerprint density at radius 2 is 2.08 bits per heavy atom. The Morgan fingerprint density at radius 1 is 1.27 bits per heavy atom. The van der Waals surface area contributed by atoms with Crippen LogP contribution in [0.3, 0.4) is 0 Å². The minimum absolute atomic E-state index is 0.344. The van der Waals surface area contributed by atoms with Crippen LogP contribution >= 0.6 is 0 Å². The Bertz CT molecular complexity index is 528. The number of nitrogens with one attached hydrogen (secondary N) is 1. The van der Waals surface area contributed by atoms with Crippen molar-refractivity contribution in [2.75, 3.05) is 47.1 Å². The average molecular weight is 364 g/mol. The van der Waals surface area contributed by atoms with Crippen LogP contribution in [0.2, 0.25) is 0 Å². The van der Waals surface area contributed by atoms with E-state index in [2.05, 4.69) is 22.1 Å². The van der Waals surface area contributed by atoms with Crippen LogP contribution in [0.1, 0.15) is 31.7 Å². The van der Waals surface area contributed by atoms with E-state index < -0.39 is 0 Å². The number of nitrogens with zero attached hydrogens (tertiary/aromatic N) is 3. The Morgan fingerprint density at radius 3 is 2.69 bits per heavy atom. The number of rotatable bonds is 9. The normalized spacial score (nSPS) is 16.0. The van der Waals surface area contributed by atoms with E-state index in [-0.39, 0.29) is 0 Å². The van der Waals surface area contributed by atoms with E-state index >= 15 is 0 Å². The van der Waals surface area contributed by atoms with Crippen LogP contribution in [0, 0.1) is 0 Å². The maximum Gasteiger partial charge on any atom is 0.212 e. The van der Waals surface area contributed by atoms with E-state index in [9.17, 15) is 0 Å². The van der Waals surface area contributed by atoms with Gasteiger partial charge in [0.1, 0.15) is 0 Å². The molecule has 1 aromatic rings. The predicted octanol–water partition coefficient (Wildman–Crippen LogP) is 2.07. The predicted molar refractivity (Wildman–Crippen MR) is 103 cm³/mol. The first-order valence-electron chi connectivity index (χ1n) is 9.39. The molecule has 0 spiro atoms. The molecule has 0 saturated carbocycles. The molecule has 0 aliphatic carbocycles. The lowest BCUT2D eigenvalue weighted by atomic mass is 10.1. The van der Waals surface area contributed by atoms with Gasteiger partial charge in [-0.2, -0.15) is 0 Å². The number of pyridine rings is 1. The number of hydrogen-bond acceptors (Lipinski definition) is 5. The molecule has 0 radical (unpaired) electrons. The SMILES string of the molecule is CCNC(=NCc1ccc(OC)nc1)N1CCC(OCCCOC)CC1. The van der Waals surface area contributed by atoms with Crippen molar-refractivity contribution in [3.63, 3.8) is 0 Å². The number of likely N-dealkylation sites (tertiary alicyclic amines) is 1. The molecule has 26 heavy (non-hydrogen) atoms. The standard InChI is InChI=1S/C19H32N4O3/c1-4-20-19(22-15-16-6-7-18(25-3)21-14-16)23-10-8-17(9-11-23)26-13-5-12-24-2/h6-7,14,17H,4-5,8-13,15H2,1-3H3,(H,20,22). The minimum Gasteiger partial charge on any atom is -0.481 e. The summed E-state index contributed by atoms with van der Waals surface area (Å²) in [6.07, 6.45) is 5.17. The Hall–Kier alpha value is -1.86. The van der Waals surface area contributed by atoms with Crippen molar-refractivity contribution in [1.82, 2.24) is 15.2 Å². The molecule has 1 aliphatic rings. The van der Waals surface area contributed by atoms with Crippen LogP contribution in [-0.2, 0) is 16.0 Å². The molecule has 1 aliphatic heterocycles. The molecule has 0 unspecified atom stereocenters. The van der Waals surface area contributed by atoms with Crippen LogP contribution in [0.25, 0.3) is 0 Å². The number of aromatic nitrogens is 1. The highest BCUT2D eigenvalue weighted by Crippen LogP contribution is 2.15. The summed E-state index contributed by atoms with van der Waals surface area (Å²) in [5.41, 5.74) is 1.07. The third-order valence-corrected chi connectivity index (χ3v) is 4.34. The zero-order chi connectivity index (χ0) is 18.6. The second-order valence-corrected chi connectivity index (χ2v) is 6.28. The third-order valence-electron chi connectivity index (χ3n) is 4.34. The quantitative estimate of drug-likeness (QED) is 0.411. The molecule has 0 bridgehead atoms. The number of piperidine rings is 1. The van der Waals surface area contributed by atoms with Gasteiger partial charge in [-0.25, -0.2) is 9.98 Å². The molecule has 1 aromatic heterocycles. The van der Waals surface area contributed by atoms with E-state index in [0.717, 1.165) is 63.6 Å². The summed E-state index contributed by atoms with van der Waals surface area (Å²) in [7, 11) is 3.34. The summed E-state index contributed by atoms with van der Waals surface area (Å²) in [5, 5.41) is 3.39. The lowest BCUT2D eigenvalue weighted by Crippen LogP contribution is -2.47. The zero-order valence-corrected chi connectivity index (χ0v) is 16.2. The van der Waals surface area contributed by atoms with E-state index in [1.54, 1.807) is 14.2 Å². The zero-order valence-electron chi connectivity index (χ0n) is 16.2. The average Bonchev–Trinajstić information content (AvgIpc) is 2.69. The summed E-state index contributed by atoms with van der Waals surface area (Å²) >= 11 is 0. The molecule has 0 amide bonds. The Kier molecular flexibility index (Phi) is 9.20. The molecule has 7 nitrogen and oxygen atoms in total. The number of methoxy groups -OCH3 is 2. The fraction of sp³-hybridized carbons (Fsp3) is 0.684. The van der Waals surface area contributed by atoms with Crippen molar-refractivity contribution in [1.29, 1.82) is 0 Å². The molecular formula is C19H32N4O3. The number of guanidine groups is 1. The fourth-order valence-electron chi connectivity index (χ4n) is 2.90. The molecule has 0 aromatic carbocycles. The first kappa shape index (κ1) is 20.5. The second-order valence-electron chi connectivity index (χ2n) is 6.28. The van der Waals surface area contributed by atoms with Gasteiger partial charge >= 0.3 is 0 Å². The highest BCUT2D eigenvalue weighted by molar-refractivity contribution is 5.80. The summed E-state index contributed by atoms with van der Waals surface area (Å²) in [6.45, 7) is 7.01. The summed E-state index contributed by atoms with van der Waals surface area (Å²) in [5.74, 6) is 1.58. The highest BCUT2D eigenvalue weighted by atomic mass is 16.5. The second kappa shape index (κ2) is 11.7. The molecule has 146 valence electrons. The van der Waals surface area contributed by atoms with Crippen LogP contribution in [-0.4, -0.2) is 69.0 Å². The van der Waals surface area contributed by atoms with Crippen molar-refractivity contribution in [2.45, 2.75) is 38.8 Å². The molecule has 1 saturated heterocycles. The summed E-state index contributed by atoms with van der Waals surface area (Å²) in [4.78, 5) is 11.3. The maximum atomic E-state index is 5.94. The number of hydrogen-bond donors (Lipinski definition) is 1. The minimum atomic E-state index is 0.344.